The fourth-order valence-corrected chi connectivity index (χ4v) is 21.2. The molecular weight excluding hydrogens is 1420 g/mol. The predicted octanol–water partition coefficient (Wildman–Crippen LogP) is 30.3. The summed E-state index contributed by atoms with van der Waals surface area (Å²) in [5.41, 5.74) is 42.4. The fraction of sp³-hybridized carbons (Fsp3) is 0.0690. The third-order valence-electron chi connectivity index (χ3n) is 26.4. The van der Waals surface area contributed by atoms with Crippen molar-refractivity contribution >= 4 is 34.1 Å². The molecule has 0 fully saturated rings. The van der Waals surface area contributed by atoms with Gasteiger partial charge in [-0.25, -0.2) is 0 Å². The van der Waals surface area contributed by atoms with Crippen LogP contribution in [0.2, 0.25) is 0 Å². The number of rotatable bonds is 13. The number of hydrogen-bond acceptors (Lipinski definition) is 2. The quantitative estimate of drug-likeness (QED) is 0.114. The van der Waals surface area contributed by atoms with Crippen LogP contribution >= 0.6 is 0 Å². The van der Waals surface area contributed by atoms with E-state index in [2.05, 4.69) is 474 Å². The molecule has 0 amide bonds. The first-order valence-corrected chi connectivity index (χ1v) is 41.4. The predicted molar refractivity (Wildman–Crippen MR) is 493 cm³/mol. The van der Waals surface area contributed by atoms with Crippen LogP contribution in [-0.2, 0) is 21.7 Å². The lowest BCUT2D eigenvalue weighted by Gasteiger charge is -2.46. The van der Waals surface area contributed by atoms with Gasteiger partial charge in [-0.1, -0.05) is 386 Å². The van der Waals surface area contributed by atoms with Gasteiger partial charge in [0.1, 0.15) is 0 Å². The van der Waals surface area contributed by atoms with Crippen LogP contribution < -0.4 is 9.80 Å². The van der Waals surface area contributed by atoms with Crippen molar-refractivity contribution in [1.82, 2.24) is 0 Å². The van der Waals surface area contributed by atoms with Gasteiger partial charge in [0.25, 0.3) is 0 Å². The molecule has 0 aromatic heterocycles. The molecule has 18 aromatic rings. The van der Waals surface area contributed by atoms with Crippen molar-refractivity contribution in [2.75, 3.05) is 9.80 Å². The molecule has 0 aliphatic heterocycles. The van der Waals surface area contributed by atoms with Crippen molar-refractivity contribution in [2.45, 2.75) is 49.4 Å². The average molecular weight is 1510 g/mol. The second-order valence-corrected chi connectivity index (χ2v) is 33.3. The van der Waals surface area contributed by atoms with Crippen LogP contribution in [0.15, 0.2) is 437 Å². The molecule has 4 aliphatic rings. The van der Waals surface area contributed by atoms with Crippen LogP contribution in [0.4, 0.5) is 34.1 Å². The van der Waals surface area contributed by atoms with Gasteiger partial charge in [0.2, 0.25) is 0 Å². The van der Waals surface area contributed by atoms with Gasteiger partial charge in [-0.15, -0.1) is 0 Å². The highest BCUT2D eigenvalue weighted by atomic mass is 15.1. The maximum Gasteiger partial charge on any atom is 0.0719 e. The maximum absolute atomic E-state index is 2.51. The highest BCUT2D eigenvalue weighted by Crippen LogP contribution is 2.66. The minimum atomic E-state index is -0.511. The minimum absolute atomic E-state index is 0.192. The summed E-state index contributed by atoms with van der Waals surface area (Å²) in [5.74, 6) is 0. The molecule has 0 N–H and O–H groups in total. The molecule has 0 heterocycles. The zero-order valence-electron chi connectivity index (χ0n) is 66.5. The van der Waals surface area contributed by atoms with Crippen LogP contribution in [0.25, 0.3) is 100 Å². The Bertz CT molecular complexity index is 6820. The van der Waals surface area contributed by atoms with Crippen molar-refractivity contribution in [3.63, 3.8) is 0 Å². The third kappa shape index (κ3) is 10.7. The van der Waals surface area contributed by atoms with Crippen LogP contribution in [0.1, 0.15) is 94.5 Å². The van der Waals surface area contributed by atoms with E-state index in [4.69, 9.17) is 0 Å². The average Bonchev–Trinajstić information content (AvgIpc) is 1.45. The van der Waals surface area contributed by atoms with Crippen LogP contribution in [0.5, 0.6) is 0 Å². The third-order valence-corrected chi connectivity index (χ3v) is 26.4. The van der Waals surface area contributed by atoms with Crippen molar-refractivity contribution in [1.29, 1.82) is 0 Å². The first-order chi connectivity index (χ1) is 58.1. The van der Waals surface area contributed by atoms with Crippen molar-refractivity contribution < 1.29 is 0 Å². The smallest absolute Gasteiger partial charge is 0.0719 e. The molecule has 18 aromatic carbocycles. The summed E-state index contributed by atoms with van der Waals surface area (Å²) in [6, 6.07) is 164. The van der Waals surface area contributed by atoms with E-state index in [9.17, 15) is 0 Å². The van der Waals surface area contributed by atoms with E-state index >= 15 is 0 Å². The Hall–Kier alpha value is -14.4. The molecule has 2 heteroatoms. The normalized spacial score (nSPS) is 14.0. The Balaban J connectivity index is 0.666. The topological polar surface area (TPSA) is 6.48 Å². The van der Waals surface area contributed by atoms with Crippen molar-refractivity contribution in [3.8, 4) is 100 Å². The summed E-state index contributed by atoms with van der Waals surface area (Å²) in [6.45, 7) is 9.64. The Kier molecular flexibility index (Phi) is 16.5. The largest absolute Gasteiger partial charge is 0.310 e. The number of hydrogen-bond donors (Lipinski definition) is 0. The molecule has 2 spiro atoms. The summed E-state index contributed by atoms with van der Waals surface area (Å²) in [4.78, 5) is 4.92. The highest BCUT2D eigenvalue weighted by molar-refractivity contribution is 6.02. The van der Waals surface area contributed by atoms with Crippen LogP contribution in [0.3, 0.4) is 0 Å². The summed E-state index contributed by atoms with van der Waals surface area (Å²) < 4.78 is 0. The Morgan fingerprint density at radius 3 is 1.05 bits per heavy atom. The van der Waals surface area contributed by atoms with E-state index in [1.165, 1.54) is 100 Å². The molecule has 2 nitrogen and oxygen atoms in total. The van der Waals surface area contributed by atoms with Gasteiger partial charge in [0.05, 0.1) is 16.5 Å². The second-order valence-electron chi connectivity index (χ2n) is 33.3. The Morgan fingerprint density at radius 2 is 0.492 bits per heavy atom. The molecule has 0 bridgehead atoms. The molecule has 118 heavy (non-hydrogen) atoms. The molecule has 0 atom stereocenters. The van der Waals surface area contributed by atoms with E-state index in [-0.39, 0.29) is 10.8 Å². The lowest BCUT2D eigenvalue weighted by Crippen LogP contribution is -2.40. The Labute approximate surface area is 692 Å². The monoisotopic (exact) mass is 1500 g/mol. The molecule has 22 rings (SSSR count). The summed E-state index contributed by atoms with van der Waals surface area (Å²) in [5, 5.41) is 0. The summed E-state index contributed by atoms with van der Waals surface area (Å²) >= 11 is 0. The van der Waals surface area contributed by atoms with E-state index in [1.807, 2.05) is 0 Å². The van der Waals surface area contributed by atoms with Gasteiger partial charge in [0, 0.05) is 44.8 Å². The molecule has 0 radical (unpaired) electrons. The lowest BCUT2D eigenvalue weighted by molar-refractivity contribution is 0.563. The first kappa shape index (κ1) is 70.2. The summed E-state index contributed by atoms with van der Waals surface area (Å²) in [6.07, 6.45) is 0. The molecule has 558 valence electrons. The van der Waals surface area contributed by atoms with E-state index < -0.39 is 10.8 Å². The first-order valence-electron chi connectivity index (χ1n) is 41.4. The minimum Gasteiger partial charge on any atom is -0.310 e. The fourth-order valence-electron chi connectivity index (χ4n) is 21.2. The van der Waals surface area contributed by atoms with E-state index in [1.54, 1.807) is 0 Å². The van der Waals surface area contributed by atoms with Gasteiger partial charge >= 0.3 is 0 Å². The van der Waals surface area contributed by atoms with Crippen molar-refractivity contribution in [2.24, 2.45) is 0 Å². The number of fused-ring (bicyclic) bond motifs is 18. The molecular formula is C116H84N2. The van der Waals surface area contributed by atoms with Gasteiger partial charge in [0.15, 0.2) is 0 Å². The standard InChI is InChI=1S/C116H84N2/c1-113(2)101-54-24-28-58-105(101)116(106-59-29-25-55-102(106)113)100-53-23-19-47-97(100)112-92(49-33-60-108(112)116)83-40-31-43-89(73-83)118(86-41-15-8-16-42-86)110-61-30-20-46-95(110)96-50-32-48-91(111(96)81-38-13-7-14-39-81)80-64-69-88(70-65-80)117(90-74-84(77-34-9-5-10-35-77)72-85(75-90)78-36-11-6-12-37-78)87-67-62-79(63-68-87)82-66-71-107-109(76-82)114(3,4)103-56-26-27-57-104(103)115(107)98-51-21-17-44-93(98)94-45-18-22-52-99(94)115/h5-76H,1-4H3. The molecule has 0 unspecified atom stereocenters. The number of benzene rings is 18. The van der Waals surface area contributed by atoms with Crippen molar-refractivity contribution in [3.05, 3.63) is 504 Å². The zero-order chi connectivity index (χ0) is 78.9. The Morgan fingerprint density at radius 1 is 0.153 bits per heavy atom. The zero-order valence-corrected chi connectivity index (χ0v) is 66.5. The molecule has 4 aliphatic carbocycles. The molecule has 0 saturated carbocycles. The maximum atomic E-state index is 2.51. The SMILES string of the molecule is CC1(C)c2ccccc2C2(c3ccccc3-c3ccccc32)c2ccc(-c3ccc(N(c4ccc(-c5cccc(-c6ccccc6N(c6ccccc6)c6cccc(-c7cccc8c7-c7ccccc7C87c8ccccc8C(C)(C)c8ccccc87)c6)c5-c5ccccc5)cc4)c4cc(-c5ccccc5)cc(-c5ccccc5)c4)cc3)cc21. The van der Waals surface area contributed by atoms with Gasteiger partial charge < -0.3 is 9.80 Å². The summed E-state index contributed by atoms with van der Waals surface area (Å²) in [7, 11) is 0. The molecule has 0 saturated heterocycles. The number of nitrogens with zero attached hydrogens (tertiary/aromatic N) is 2. The van der Waals surface area contributed by atoms with Gasteiger partial charge in [-0.2, -0.15) is 0 Å². The highest BCUT2D eigenvalue weighted by Gasteiger charge is 2.55. The number of anilines is 6. The van der Waals surface area contributed by atoms with E-state index in [0.717, 1.165) is 101 Å². The van der Waals surface area contributed by atoms with Gasteiger partial charge in [-0.3, -0.25) is 0 Å². The number of para-hydroxylation sites is 2. The van der Waals surface area contributed by atoms with Crippen LogP contribution in [-0.4, -0.2) is 0 Å². The van der Waals surface area contributed by atoms with E-state index in [0.29, 0.717) is 0 Å². The second kappa shape index (κ2) is 27.7. The lowest BCUT2D eigenvalue weighted by atomic mass is 9.55. The van der Waals surface area contributed by atoms with Crippen LogP contribution in [0, 0.1) is 0 Å². The van der Waals surface area contributed by atoms with Gasteiger partial charge in [-0.05, 0) is 240 Å².